The standard InChI is InChI=1S/C19H23N5S/c1-3-24(4-2)15-11-9-14(10-12-15)21-19(25)20-13-18-22-16-7-5-6-8-17(16)23-18/h5-12H,3-4,13H2,1-2H3,(H,22,23)(H2,20,21,25). The van der Waals surface area contributed by atoms with Gasteiger partial charge in [-0.15, -0.1) is 0 Å². The molecule has 0 atom stereocenters. The third-order valence-electron chi connectivity index (χ3n) is 4.11. The molecule has 1 aromatic heterocycles. The molecular weight excluding hydrogens is 330 g/mol. The maximum absolute atomic E-state index is 5.37. The summed E-state index contributed by atoms with van der Waals surface area (Å²) in [5.41, 5.74) is 4.19. The van der Waals surface area contributed by atoms with Crippen LogP contribution in [0.3, 0.4) is 0 Å². The van der Waals surface area contributed by atoms with Crippen LogP contribution in [-0.2, 0) is 6.54 Å². The zero-order valence-electron chi connectivity index (χ0n) is 14.5. The van der Waals surface area contributed by atoms with Crippen LogP contribution in [0, 0.1) is 0 Å². The zero-order valence-corrected chi connectivity index (χ0v) is 15.4. The molecule has 0 saturated heterocycles. The van der Waals surface area contributed by atoms with E-state index in [4.69, 9.17) is 12.2 Å². The molecule has 0 amide bonds. The molecule has 5 nitrogen and oxygen atoms in total. The van der Waals surface area contributed by atoms with Crippen LogP contribution in [0.15, 0.2) is 48.5 Å². The number of H-pyrrole nitrogens is 1. The third-order valence-corrected chi connectivity index (χ3v) is 4.35. The number of anilines is 2. The number of hydrogen-bond acceptors (Lipinski definition) is 3. The molecule has 3 rings (SSSR count). The van der Waals surface area contributed by atoms with Crippen molar-refractivity contribution in [3.05, 3.63) is 54.4 Å². The fourth-order valence-electron chi connectivity index (χ4n) is 2.77. The summed E-state index contributed by atoms with van der Waals surface area (Å²) in [6.45, 7) is 6.87. The second-order valence-electron chi connectivity index (χ2n) is 5.73. The molecule has 0 aliphatic heterocycles. The van der Waals surface area contributed by atoms with Gasteiger partial charge in [-0.25, -0.2) is 4.98 Å². The highest BCUT2D eigenvalue weighted by Gasteiger charge is 2.04. The molecule has 25 heavy (non-hydrogen) atoms. The summed E-state index contributed by atoms with van der Waals surface area (Å²) in [4.78, 5) is 10.1. The van der Waals surface area contributed by atoms with Gasteiger partial charge in [0.1, 0.15) is 5.82 Å². The quantitative estimate of drug-likeness (QED) is 0.587. The first-order chi connectivity index (χ1) is 12.2. The Hall–Kier alpha value is -2.60. The van der Waals surface area contributed by atoms with Gasteiger partial charge in [-0.1, -0.05) is 12.1 Å². The van der Waals surface area contributed by atoms with Crippen molar-refractivity contribution in [2.45, 2.75) is 20.4 Å². The normalized spacial score (nSPS) is 10.6. The Bertz CT molecular complexity index is 803. The van der Waals surface area contributed by atoms with Crippen LogP contribution >= 0.6 is 12.2 Å². The number of thiocarbonyl (C=S) groups is 1. The monoisotopic (exact) mass is 353 g/mol. The third kappa shape index (κ3) is 4.28. The van der Waals surface area contributed by atoms with Crippen LogP contribution in [0.25, 0.3) is 11.0 Å². The van der Waals surface area contributed by atoms with E-state index in [1.54, 1.807) is 0 Å². The fourth-order valence-corrected chi connectivity index (χ4v) is 2.96. The number of fused-ring (bicyclic) bond motifs is 1. The number of benzene rings is 2. The Labute approximate surface area is 153 Å². The Morgan fingerprint density at radius 2 is 1.80 bits per heavy atom. The lowest BCUT2D eigenvalue weighted by molar-refractivity contribution is 0.859. The van der Waals surface area contributed by atoms with E-state index in [1.165, 1.54) is 5.69 Å². The lowest BCUT2D eigenvalue weighted by Gasteiger charge is -2.21. The molecule has 0 aliphatic carbocycles. The number of para-hydroxylation sites is 2. The van der Waals surface area contributed by atoms with E-state index in [9.17, 15) is 0 Å². The number of aromatic amines is 1. The summed E-state index contributed by atoms with van der Waals surface area (Å²) < 4.78 is 0. The van der Waals surface area contributed by atoms with Gasteiger partial charge < -0.3 is 20.5 Å². The molecule has 0 unspecified atom stereocenters. The molecule has 2 aromatic carbocycles. The SMILES string of the molecule is CCN(CC)c1ccc(NC(=S)NCc2nc3ccccc3[nH]2)cc1. The smallest absolute Gasteiger partial charge is 0.171 e. The molecule has 130 valence electrons. The number of imidazole rings is 1. The zero-order chi connectivity index (χ0) is 17.6. The van der Waals surface area contributed by atoms with Gasteiger partial charge in [0, 0.05) is 24.5 Å². The van der Waals surface area contributed by atoms with E-state index in [2.05, 4.69) is 51.5 Å². The van der Waals surface area contributed by atoms with Crippen LogP contribution < -0.4 is 15.5 Å². The fraction of sp³-hybridized carbons (Fsp3) is 0.263. The summed E-state index contributed by atoms with van der Waals surface area (Å²) in [5, 5.41) is 6.97. The van der Waals surface area contributed by atoms with Crippen molar-refractivity contribution < 1.29 is 0 Å². The first kappa shape index (κ1) is 17.2. The Kier molecular flexibility index (Phi) is 5.50. The lowest BCUT2D eigenvalue weighted by Crippen LogP contribution is -2.28. The summed E-state index contributed by atoms with van der Waals surface area (Å²) >= 11 is 5.37. The van der Waals surface area contributed by atoms with Gasteiger partial charge in [-0.05, 0) is 62.5 Å². The molecule has 3 aromatic rings. The number of aromatic nitrogens is 2. The van der Waals surface area contributed by atoms with Crippen LogP contribution in [0.4, 0.5) is 11.4 Å². The van der Waals surface area contributed by atoms with Gasteiger partial charge in [0.25, 0.3) is 0 Å². The van der Waals surface area contributed by atoms with Crippen molar-refractivity contribution >= 4 is 39.7 Å². The molecule has 0 bridgehead atoms. The van der Waals surface area contributed by atoms with Crippen molar-refractivity contribution in [1.29, 1.82) is 0 Å². The van der Waals surface area contributed by atoms with Crippen molar-refractivity contribution in [3.63, 3.8) is 0 Å². The van der Waals surface area contributed by atoms with E-state index >= 15 is 0 Å². The average molecular weight is 353 g/mol. The molecular formula is C19H23N5S. The van der Waals surface area contributed by atoms with Gasteiger partial charge in [-0.2, -0.15) is 0 Å². The van der Waals surface area contributed by atoms with Crippen molar-refractivity contribution in [2.75, 3.05) is 23.3 Å². The highest BCUT2D eigenvalue weighted by molar-refractivity contribution is 7.80. The Morgan fingerprint density at radius 1 is 1.08 bits per heavy atom. The number of nitrogens with one attached hydrogen (secondary N) is 3. The van der Waals surface area contributed by atoms with E-state index in [1.807, 2.05) is 36.4 Å². The minimum absolute atomic E-state index is 0.554. The maximum atomic E-state index is 5.37. The summed E-state index contributed by atoms with van der Waals surface area (Å²) in [5.74, 6) is 0.863. The van der Waals surface area contributed by atoms with Crippen LogP contribution in [0.2, 0.25) is 0 Å². The second kappa shape index (κ2) is 7.98. The van der Waals surface area contributed by atoms with Crippen LogP contribution in [0.1, 0.15) is 19.7 Å². The number of hydrogen-bond donors (Lipinski definition) is 3. The largest absolute Gasteiger partial charge is 0.372 e. The van der Waals surface area contributed by atoms with E-state index in [0.29, 0.717) is 11.7 Å². The summed E-state index contributed by atoms with van der Waals surface area (Å²) in [7, 11) is 0. The first-order valence-electron chi connectivity index (χ1n) is 8.53. The Balaban J connectivity index is 1.55. The van der Waals surface area contributed by atoms with Crippen LogP contribution in [0.5, 0.6) is 0 Å². The van der Waals surface area contributed by atoms with Gasteiger partial charge in [0.15, 0.2) is 5.11 Å². The van der Waals surface area contributed by atoms with Crippen molar-refractivity contribution in [2.24, 2.45) is 0 Å². The topological polar surface area (TPSA) is 56.0 Å². The molecule has 0 fully saturated rings. The molecule has 0 radical (unpaired) electrons. The summed E-state index contributed by atoms with van der Waals surface area (Å²) in [6, 6.07) is 16.3. The maximum Gasteiger partial charge on any atom is 0.171 e. The van der Waals surface area contributed by atoms with Crippen molar-refractivity contribution in [1.82, 2.24) is 15.3 Å². The first-order valence-corrected chi connectivity index (χ1v) is 8.94. The predicted molar refractivity (Wildman–Crippen MR) is 109 cm³/mol. The van der Waals surface area contributed by atoms with Gasteiger partial charge >= 0.3 is 0 Å². The highest BCUT2D eigenvalue weighted by Crippen LogP contribution is 2.17. The summed E-state index contributed by atoms with van der Waals surface area (Å²) in [6.07, 6.45) is 0. The van der Waals surface area contributed by atoms with Gasteiger partial charge in [-0.3, -0.25) is 0 Å². The Morgan fingerprint density at radius 3 is 2.48 bits per heavy atom. The minimum Gasteiger partial charge on any atom is -0.372 e. The van der Waals surface area contributed by atoms with E-state index < -0.39 is 0 Å². The highest BCUT2D eigenvalue weighted by atomic mass is 32.1. The van der Waals surface area contributed by atoms with Crippen LogP contribution in [-0.4, -0.2) is 28.2 Å². The molecule has 0 aliphatic rings. The lowest BCUT2D eigenvalue weighted by atomic mass is 10.2. The minimum atomic E-state index is 0.554. The number of nitrogens with zero attached hydrogens (tertiary/aromatic N) is 2. The van der Waals surface area contributed by atoms with Gasteiger partial charge in [0.2, 0.25) is 0 Å². The van der Waals surface area contributed by atoms with E-state index in [0.717, 1.165) is 35.6 Å². The predicted octanol–water partition coefficient (Wildman–Crippen LogP) is 3.90. The molecule has 1 heterocycles. The van der Waals surface area contributed by atoms with E-state index in [-0.39, 0.29) is 0 Å². The van der Waals surface area contributed by atoms with Crippen molar-refractivity contribution in [3.8, 4) is 0 Å². The molecule has 0 spiro atoms. The second-order valence-corrected chi connectivity index (χ2v) is 6.14. The molecule has 3 N–H and O–H groups in total. The van der Waals surface area contributed by atoms with Gasteiger partial charge in [0.05, 0.1) is 17.6 Å². The molecule has 6 heteroatoms. The average Bonchev–Trinajstić information content (AvgIpc) is 3.05. The molecule has 0 saturated carbocycles. The number of rotatable bonds is 6.